The van der Waals surface area contributed by atoms with Gasteiger partial charge in [-0.25, -0.2) is 4.79 Å². The van der Waals surface area contributed by atoms with Gasteiger partial charge in [0.2, 0.25) is 5.91 Å². The maximum Gasteiger partial charge on any atom is 0.324 e. The smallest absolute Gasteiger partial charge is 0.324 e. The number of nitrogens with zero attached hydrogens (tertiary/aromatic N) is 1. The molecule has 0 aromatic heterocycles. The van der Waals surface area contributed by atoms with Crippen molar-refractivity contribution >= 4 is 17.8 Å². The molecule has 6 heteroatoms. The quantitative estimate of drug-likeness (QED) is 0.812. The molecule has 144 valence electrons. The second-order valence-electron chi connectivity index (χ2n) is 7.46. The lowest BCUT2D eigenvalue weighted by Gasteiger charge is -2.31. The van der Waals surface area contributed by atoms with Crippen LogP contribution in [0.1, 0.15) is 40.7 Å². The van der Waals surface area contributed by atoms with Gasteiger partial charge >= 0.3 is 6.03 Å². The zero-order valence-corrected chi connectivity index (χ0v) is 15.6. The van der Waals surface area contributed by atoms with E-state index in [2.05, 4.69) is 10.6 Å². The van der Waals surface area contributed by atoms with E-state index < -0.39 is 0 Å². The average Bonchev–Trinajstić information content (AvgIpc) is 3.50. The minimum atomic E-state index is -0.368. The number of carbonyl (C=O) groups excluding carboxylic acids is 3. The summed E-state index contributed by atoms with van der Waals surface area (Å²) in [4.78, 5) is 38.2. The molecule has 1 saturated carbocycles. The maximum atomic E-state index is 12.5. The fourth-order valence-electron chi connectivity index (χ4n) is 3.36. The molecule has 1 saturated heterocycles. The van der Waals surface area contributed by atoms with Gasteiger partial charge in [0, 0.05) is 24.1 Å². The van der Waals surface area contributed by atoms with Crippen LogP contribution in [0.5, 0.6) is 0 Å². The predicted molar refractivity (Wildman–Crippen MR) is 105 cm³/mol. The van der Waals surface area contributed by atoms with E-state index in [-0.39, 0.29) is 36.9 Å². The lowest BCUT2D eigenvalue weighted by molar-refractivity contribution is -0.130. The molecule has 1 atom stereocenters. The normalized spacial score (nSPS) is 19.3. The molecule has 2 aromatic carbocycles. The van der Waals surface area contributed by atoms with Gasteiger partial charge in [0.05, 0.1) is 6.54 Å². The monoisotopic (exact) mass is 377 g/mol. The van der Waals surface area contributed by atoms with Gasteiger partial charge in [-0.15, -0.1) is 0 Å². The van der Waals surface area contributed by atoms with Crippen molar-refractivity contribution in [2.45, 2.75) is 44.3 Å². The van der Waals surface area contributed by atoms with Crippen LogP contribution in [0.25, 0.3) is 0 Å². The van der Waals surface area contributed by atoms with Crippen LogP contribution in [-0.4, -0.2) is 34.8 Å². The van der Waals surface area contributed by atoms with Gasteiger partial charge in [-0.3, -0.25) is 14.5 Å². The number of hydrogen-bond donors (Lipinski definition) is 2. The second-order valence-corrected chi connectivity index (χ2v) is 7.46. The summed E-state index contributed by atoms with van der Waals surface area (Å²) in [6, 6.07) is 16.6. The van der Waals surface area contributed by atoms with Gasteiger partial charge < -0.3 is 10.6 Å². The molecule has 4 rings (SSSR count). The summed E-state index contributed by atoms with van der Waals surface area (Å²) in [7, 11) is 0. The molecule has 1 heterocycles. The Morgan fingerprint density at radius 2 is 1.71 bits per heavy atom. The molecule has 2 aliphatic rings. The van der Waals surface area contributed by atoms with Gasteiger partial charge in [0.15, 0.2) is 0 Å². The van der Waals surface area contributed by atoms with Crippen LogP contribution in [0.3, 0.4) is 0 Å². The molecular weight excluding hydrogens is 354 g/mol. The summed E-state index contributed by atoms with van der Waals surface area (Å²) >= 11 is 0. The molecular formula is C22H23N3O3. The van der Waals surface area contributed by atoms with Crippen LogP contribution < -0.4 is 10.6 Å². The van der Waals surface area contributed by atoms with Crippen molar-refractivity contribution in [3.63, 3.8) is 0 Å². The first kappa shape index (κ1) is 18.2. The molecule has 2 fully saturated rings. The van der Waals surface area contributed by atoms with E-state index in [1.54, 1.807) is 24.3 Å². The number of carbonyl (C=O) groups is 3. The highest BCUT2D eigenvalue weighted by Crippen LogP contribution is 2.20. The van der Waals surface area contributed by atoms with Crippen molar-refractivity contribution in [3.05, 3.63) is 71.3 Å². The van der Waals surface area contributed by atoms with Crippen molar-refractivity contribution in [1.82, 2.24) is 15.5 Å². The Hall–Kier alpha value is -3.15. The molecule has 0 bridgehead atoms. The molecule has 2 aromatic rings. The molecule has 4 amide bonds. The van der Waals surface area contributed by atoms with Crippen molar-refractivity contribution < 1.29 is 14.4 Å². The van der Waals surface area contributed by atoms with Crippen LogP contribution in [0, 0.1) is 0 Å². The van der Waals surface area contributed by atoms with Crippen molar-refractivity contribution in [2.24, 2.45) is 0 Å². The number of amides is 4. The van der Waals surface area contributed by atoms with Crippen LogP contribution in [-0.2, 0) is 17.8 Å². The molecule has 0 spiro atoms. The average molecular weight is 377 g/mol. The molecule has 0 radical (unpaired) electrons. The Kier molecular flexibility index (Phi) is 5.10. The van der Waals surface area contributed by atoms with Crippen LogP contribution in [0.2, 0.25) is 0 Å². The summed E-state index contributed by atoms with van der Waals surface area (Å²) in [6.07, 6.45) is 3.00. The zero-order valence-electron chi connectivity index (χ0n) is 15.6. The van der Waals surface area contributed by atoms with Gasteiger partial charge in [0.1, 0.15) is 0 Å². The summed E-state index contributed by atoms with van der Waals surface area (Å²) in [6.45, 7) is 0.202. The number of hydrogen-bond acceptors (Lipinski definition) is 3. The largest absolute Gasteiger partial charge is 0.349 e. The minimum Gasteiger partial charge on any atom is -0.349 e. The predicted octanol–water partition coefficient (Wildman–Crippen LogP) is 2.63. The van der Waals surface area contributed by atoms with E-state index in [1.807, 2.05) is 30.3 Å². The number of urea groups is 1. The zero-order chi connectivity index (χ0) is 19.5. The SMILES string of the molecule is O=C(NC1CC1)c1ccc(CN2C(=O)C[C@@H](Cc3ccccc3)NC2=O)cc1. The third-order valence-corrected chi connectivity index (χ3v) is 5.09. The highest BCUT2D eigenvalue weighted by Gasteiger charge is 2.32. The first-order valence-electron chi connectivity index (χ1n) is 9.63. The van der Waals surface area contributed by atoms with Crippen molar-refractivity contribution in [2.75, 3.05) is 0 Å². The minimum absolute atomic E-state index is 0.0791. The molecule has 1 aliphatic heterocycles. The lowest BCUT2D eigenvalue weighted by Crippen LogP contribution is -2.54. The lowest BCUT2D eigenvalue weighted by atomic mass is 10.0. The van der Waals surface area contributed by atoms with E-state index in [1.165, 1.54) is 4.90 Å². The van der Waals surface area contributed by atoms with Crippen LogP contribution in [0.4, 0.5) is 4.79 Å². The third-order valence-electron chi connectivity index (χ3n) is 5.09. The fourth-order valence-corrected chi connectivity index (χ4v) is 3.36. The van der Waals surface area contributed by atoms with E-state index in [9.17, 15) is 14.4 Å². The first-order valence-corrected chi connectivity index (χ1v) is 9.63. The Bertz CT molecular complexity index is 858. The van der Waals surface area contributed by atoms with Crippen LogP contribution in [0.15, 0.2) is 54.6 Å². The molecule has 0 unspecified atom stereocenters. The maximum absolute atomic E-state index is 12.5. The second kappa shape index (κ2) is 7.84. The summed E-state index contributed by atoms with van der Waals surface area (Å²) in [5.74, 6) is -0.259. The van der Waals surface area contributed by atoms with Gasteiger partial charge in [-0.2, -0.15) is 0 Å². The van der Waals surface area contributed by atoms with Gasteiger partial charge in [-0.1, -0.05) is 42.5 Å². The van der Waals surface area contributed by atoms with E-state index in [0.29, 0.717) is 18.0 Å². The van der Waals surface area contributed by atoms with Crippen molar-refractivity contribution in [1.29, 1.82) is 0 Å². The Labute approximate surface area is 163 Å². The number of imide groups is 1. The van der Waals surface area contributed by atoms with Crippen LogP contribution >= 0.6 is 0 Å². The molecule has 28 heavy (non-hydrogen) atoms. The van der Waals surface area contributed by atoms with Gasteiger partial charge in [0.25, 0.3) is 5.91 Å². The Morgan fingerprint density at radius 1 is 1.00 bits per heavy atom. The number of nitrogens with one attached hydrogen (secondary N) is 2. The first-order chi connectivity index (χ1) is 13.6. The molecule has 1 aliphatic carbocycles. The number of rotatable bonds is 6. The molecule has 6 nitrogen and oxygen atoms in total. The van der Waals surface area contributed by atoms with E-state index >= 15 is 0 Å². The summed E-state index contributed by atoms with van der Waals surface area (Å²) in [5.41, 5.74) is 2.50. The summed E-state index contributed by atoms with van der Waals surface area (Å²) in [5, 5.41) is 5.87. The molecule has 2 N–H and O–H groups in total. The third kappa shape index (κ3) is 4.39. The highest BCUT2D eigenvalue weighted by molar-refractivity contribution is 5.97. The van der Waals surface area contributed by atoms with Crippen molar-refractivity contribution in [3.8, 4) is 0 Å². The van der Waals surface area contributed by atoms with E-state index in [0.717, 1.165) is 24.0 Å². The van der Waals surface area contributed by atoms with E-state index in [4.69, 9.17) is 0 Å². The Balaban J connectivity index is 1.35. The van der Waals surface area contributed by atoms with Gasteiger partial charge in [-0.05, 0) is 42.5 Å². The fraction of sp³-hybridized carbons (Fsp3) is 0.318. The summed E-state index contributed by atoms with van der Waals surface area (Å²) < 4.78 is 0. The standard InChI is InChI=1S/C22H23N3O3/c26-20-13-19(12-15-4-2-1-3-5-15)24-22(28)25(20)14-16-6-8-17(9-7-16)21(27)23-18-10-11-18/h1-9,18-19H,10-14H2,(H,23,27)(H,24,28)/t19-/m1/s1. The Morgan fingerprint density at radius 3 is 2.36 bits per heavy atom. The highest BCUT2D eigenvalue weighted by atomic mass is 16.2. The topological polar surface area (TPSA) is 78.5 Å². The number of benzene rings is 2.